The number of anilines is 3. The van der Waals surface area contributed by atoms with Crippen LogP contribution in [-0.4, -0.2) is 25.5 Å². The Bertz CT molecular complexity index is 1320. The van der Waals surface area contributed by atoms with Gasteiger partial charge in [-0.15, -0.1) is 0 Å². The normalized spacial score (nSPS) is 11.6. The van der Waals surface area contributed by atoms with Gasteiger partial charge in [0.25, 0.3) is 0 Å². The summed E-state index contributed by atoms with van der Waals surface area (Å²) in [4.78, 5) is 4.21. The minimum Gasteiger partial charge on any atom is -0.492 e. The van der Waals surface area contributed by atoms with Crippen molar-refractivity contribution in [2.75, 3.05) is 35.5 Å². The number of aryl methyl sites for hydroxylation is 1. The first-order valence-electron chi connectivity index (χ1n) is 12.1. The fraction of sp³-hybridized carbons (Fsp3) is 0.276. The van der Waals surface area contributed by atoms with Gasteiger partial charge in [0.1, 0.15) is 0 Å². The van der Waals surface area contributed by atoms with Crippen molar-refractivity contribution in [3.8, 4) is 11.6 Å². The molecular formula is C29H38N6O2S. The number of hydrogen-bond acceptors (Lipinski definition) is 9. The smallest absolute Gasteiger partial charge is 0.212 e. The van der Waals surface area contributed by atoms with Crippen molar-refractivity contribution >= 4 is 40.4 Å². The molecule has 9 heteroatoms. The molecule has 0 spiro atoms. The second-order valence-electron chi connectivity index (χ2n) is 9.85. The van der Waals surface area contributed by atoms with E-state index in [1.165, 1.54) is 17.0 Å². The lowest BCUT2D eigenvalue weighted by Gasteiger charge is -2.25. The van der Waals surface area contributed by atoms with Crippen molar-refractivity contribution in [1.82, 2.24) is 4.98 Å². The van der Waals surface area contributed by atoms with Gasteiger partial charge in [-0.2, -0.15) is 0 Å². The van der Waals surface area contributed by atoms with Crippen LogP contribution in [0.3, 0.4) is 0 Å². The highest BCUT2D eigenvalue weighted by Crippen LogP contribution is 2.40. The van der Waals surface area contributed by atoms with Crippen molar-refractivity contribution in [2.24, 2.45) is 11.6 Å². The Morgan fingerprint density at radius 1 is 1.05 bits per heavy atom. The number of nitrogens with one attached hydrogen (secondary N) is 2. The molecule has 0 saturated heterocycles. The number of methoxy groups -OCH3 is 2. The third-order valence-electron chi connectivity index (χ3n) is 6.05. The number of benzene rings is 2. The van der Waals surface area contributed by atoms with Gasteiger partial charge in [0.2, 0.25) is 5.88 Å². The van der Waals surface area contributed by atoms with E-state index >= 15 is 0 Å². The zero-order valence-electron chi connectivity index (χ0n) is 23.2. The molecule has 3 aromatic rings. The van der Waals surface area contributed by atoms with E-state index in [9.17, 15) is 0 Å². The largest absolute Gasteiger partial charge is 0.492 e. The van der Waals surface area contributed by atoms with E-state index in [0.29, 0.717) is 23.0 Å². The zero-order valence-corrected chi connectivity index (χ0v) is 24.0. The molecular weight excluding hydrogens is 496 g/mol. The molecule has 0 unspecified atom stereocenters. The van der Waals surface area contributed by atoms with Crippen molar-refractivity contribution in [2.45, 2.75) is 33.1 Å². The zero-order chi connectivity index (χ0) is 28.0. The second kappa shape index (κ2) is 12.1. The second-order valence-corrected chi connectivity index (χ2v) is 10.5. The van der Waals surface area contributed by atoms with Gasteiger partial charge >= 0.3 is 0 Å². The van der Waals surface area contributed by atoms with Gasteiger partial charge in [-0.3, -0.25) is 5.01 Å². The molecule has 0 aliphatic rings. The number of pyridine rings is 1. The van der Waals surface area contributed by atoms with E-state index < -0.39 is 0 Å². The summed E-state index contributed by atoms with van der Waals surface area (Å²) in [7, 11) is 3.23. The lowest BCUT2D eigenvalue weighted by molar-refractivity contribution is 0.398. The Morgan fingerprint density at radius 3 is 2.32 bits per heavy atom. The fourth-order valence-electron chi connectivity index (χ4n) is 3.84. The maximum atomic E-state index is 6.43. The summed E-state index contributed by atoms with van der Waals surface area (Å²) in [6, 6.07) is 13.8. The molecule has 0 aliphatic carbocycles. The SMILES string of the molecule is C=C(Nc1cc(C(C)(C)C)cc(NSC)c1OC)c1ccc(C)c(N(N)/C=C(\N)c2ccc(OC)nc2)c1. The van der Waals surface area contributed by atoms with E-state index in [-0.39, 0.29) is 5.41 Å². The molecule has 1 heterocycles. The van der Waals surface area contributed by atoms with Crippen molar-refractivity contribution in [1.29, 1.82) is 0 Å². The Kier molecular flexibility index (Phi) is 9.19. The van der Waals surface area contributed by atoms with Gasteiger partial charge in [-0.1, -0.05) is 51.4 Å². The van der Waals surface area contributed by atoms with E-state index in [2.05, 4.69) is 54.5 Å². The predicted molar refractivity (Wildman–Crippen MR) is 162 cm³/mol. The highest BCUT2D eigenvalue weighted by Gasteiger charge is 2.20. The fourth-order valence-corrected chi connectivity index (χ4v) is 4.21. The summed E-state index contributed by atoms with van der Waals surface area (Å²) in [5.41, 5.74) is 13.7. The lowest BCUT2D eigenvalue weighted by Crippen LogP contribution is -2.26. The van der Waals surface area contributed by atoms with E-state index in [1.807, 2.05) is 37.4 Å². The van der Waals surface area contributed by atoms with Gasteiger partial charge in [0.05, 0.1) is 37.0 Å². The molecule has 0 saturated carbocycles. The number of hydrogen-bond donors (Lipinski definition) is 4. The lowest BCUT2D eigenvalue weighted by atomic mass is 9.86. The van der Waals surface area contributed by atoms with Crippen molar-refractivity contribution in [3.05, 3.63) is 83.7 Å². The summed E-state index contributed by atoms with van der Waals surface area (Å²) in [5, 5.41) is 4.97. The topological polar surface area (TPSA) is 111 Å². The first-order chi connectivity index (χ1) is 18.0. The van der Waals surface area contributed by atoms with Crippen LogP contribution in [0.25, 0.3) is 11.4 Å². The van der Waals surface area contributed by atoms with Crippen molar-refractivity contribution in [3.63, 3.8) is 0 Å². The highest BCUT2D eigenvalue weighted by molar-refractivity contribution is 7.99. The van der Waals surface area contributed by atoms with Crippen LogP contribution < -0.4 is 36.1 Å². The van der Waals surface area contributed by atoms with Gasteiger partial charge < -0.3 is 25.2 Å². The van der Waals surface area contributed by atoms with Crippen LogP contribution in [0.5, 0.6) is 11.6 Å². The quantitative estimate of drug-likeness (QED) is 0.139. The number of ether oxygens (including phenoxy) is 2. The number of nitrogens with two attached hydrogens (primary N) is 2. The van der Waals surface area contributed by atoms with Gasteiger partial charge in [0, 0.05) is 36.0 Å². The molecule has 202 valence electrons. The Balaban J connectivity index is 1.92. The standard InChI is InChI=1S/C29H38N6O2S/c1-18-9-10-20(13-26(18)35(31)17-23(30)21-11-12-27(36-6)32-16-21)19(2)33-24-14-22(29(3,4)5)15-25(34-38-8)28(24)37-7/h9-17,33-34H,2,30-31H2,1,3-8H3/b23-17-. The highest BCUT2D eigenvalue weighted by atomic mass is 32.2. The third-order valence-corrected chi connectivity index (χ3v) is 6.47. The molecule has 0 atom stereocenters. The molecule has 2 aromatic carbocycles. The summed E-state index contributed by atoms with van der Waals surface area (Å²) in [6.45, 7) is 12.8. The Hall–Kier alpha value is -3.82. The predicted octanol–water partition coefficient (Wildman–Crippen LogP) is 6.11. The van der Waals surface area contributed by atoms with Crippen LogP contribution in [0.4, 0.5) is 17.1 Å². The molecule has 0 amide bonds. The minimum atomic E-state index is -0.0539. The Morgan fingerprint density at radius 2 is 1.74 bits per heavy atom. The monoisotopic (exact) mass is 534 g/mol. The first kappa shape index (κ1) is 28.7. The van der Waals surface area contributed by atoms with Gasteiger partial charge in [0.15, 0.2) is 5.75 Å². The Labute approximate surface area is 230 Å². The van der Waals surface area contributed by atoms with E-state index in [0.717, 1.165) is 39.3 Å². The molecule has 3 rings (SSSR count). The number of nitrogens with zero attached hydrogens (tertiary/aromatic N) is 2. The molecule has 0 aliphatic heterocycles. The molecule has 38 heavy (non-hydrogen) atoms. The summed E-state index contributed by atoms with van der Waals surface area (Å²) < 4.78 is 14.2. The third kappa shape index (κ3) is 6.73. The summed E-state index contributed by atoms with van der Waals surface area (Å²) in [5.74, 6) is 7.66. The summed E-state index contributed by atoms with van der Waals surface area (Å²) >= 11 is 1.51. The molecule has 8 nitrogen and oxygen atoms in total. The van der Waals surface area contributed by atoms with Crippen LogP contribution in [0.2, 0.25) is 0 Å². The minimum absolute atomic E-state index is 0.0539. The molecule has 0 fully saturated rings. The number of hydrazine groups is 1. The first-order valence-corrected chi connectivity index (χ1v) is 13.3. The van der Waals surface area contributed by atoms with Crippen LogP contribution in [-0.2, 0) is 5.41 Å². The number of rotatable bonds is 10. The molecule has 6 N–H and O–H groups in total. The van der Waals surface area contributed by atoms with Crippen LogP contribution in [0.15, 0.2) is 61.4 Å². The number of aromatic nitrogens is 1. The average molecular weight is 535 g/mol. The van der Waals surface area contributed by atoms with E-state index in [4.69, 9.17) is 21.1 Å². The van der Waals surface area contributed by atoms with E-state index in [1.54, 1.807) is 32.7 Å². The van der Waals surface area contributed by atoms with Crippen LogP contribution >= 0.6 is 11.9 Å². The molecule has 0 radical (unpaired) electrons. The van der Waals surface area contributed by atoms with Gasteiger partial charge in [-0.25, -0.2) is 10.8 Å². The maximum absolute atomic E-state index is 6.43. The average Bonchev–Trinajstić information content (AvgIpc) is 2.88. The van der Waals surface area contributed by atoms with Crippen molar-refractivity contribution < 1.29 is 9.47 Å². The van der Waals surface area contributed by atoms with Crippen LogP contribution in [0.1, 0.15) is 43.0 Å². The summed E-state index contributed by atoms with van der Waals surface area (Å²) in [6.07, 6.45) is 5.29. The molecule has 0 bridgehead atoms. The van der Waals surface area contributed by atoms with Gasteiger partial charge in [-0.05, 0) is 53.3 Å². The molecule has 1 aromatic heterocycles. The van der Waals surface area contributed by atoms with Crippen LogP contribution in [0, 0.1) is 6.92 Å². The maximum Gasteiger partial charge on any atom is 0.212 e.